The van der Waals surface area contributed by atoms with E-state index in [4.69, 9.17) is 19.9 Å². The maximum atomic E-state index is 6.20. The van der Waals surface area contributed by atoms with Crippen molar-refractivity contribution in [3.05, 3.63) is 0 Å². The quantitative estimate of drug-likeness (QED) is 0.791. The molecule has 1 atom stereocenters. The Morgan fingerprint density at radius 3 is 1.88 bits per heavy atom. The fourth-order valence-corrected chi connectivity index (χ4v) is 3.15. The Balaban J connectivity index is 1.77. The summed E-state index contributed by atoms with van der Waals surface area (Å²) in [6, 6.07) is -0.180. The molecule has 0 aromatic heterocycles. The van der Waals surface area contributed by atoms with Crippen LogP contribution >= 0.6 is 0 Å². The third-order valence-electron chi connectivity index (χ3n) is 3.75. The molecular weight excluding hydrogens is 206 g/mol. The minimum atomic E-state index is -0.932. The summed E-state index contributed by atoms with van der Waals surface area (Å²) in [6.07, 6.45) is 4.78. The standard InChI is InChI=1S/C12H21NO3/c1-7(2)3-11(13)12-14-8-4-9(15-12)6-10(5-8)16-12/h7-11H,3-6,13H2,1-2H3/t8?,9?,10?,11-,12?/m0/s1. The third kappa shape index (κ3) is 1.68. The third-order valence-corrected chi connectivity index (χ3v) is 3.75. The molecule has 1 saturated carbocycles. The van der Waals surface area contributed by atoms with E-state index in [9.17, 15) is 0 Å². The molecule has 4 fully saturated rings. The van der Waals surface area contributed by atoms with E-state index < -0.39 is 5.97 Å². The molecule has 16 heavy (non-hydrogen) atoms. The molecule has 0 spiro atoms. The maximum Gasteiger partial charge on any atom is 0.299 e. The Kier molecular flexibility index (Phi) is 2.51. The molecule has 2 N–H and O–H groups in total. The van der Waals surface area contributed by atoms with Gasteiger partial charge in [-0.2, -0.15) is 0 Å². The normalized spacial score (nSPS) is 47.6. The Labute approximate surface area is 96.4 Å². The number of rotatable bonds is 3. The first-order chi connectivity index (χ1) is 7.57. The molecular formula is C12H21NO3. The van der Waals surface area contributed by atoms with Crippen LogP contribution in [-0.4, -0.2) is 30.3 Å². The van der Waals surface area contributed by atoms with Gasteiger partial charge in [-0.25, -0.2) is 0 Å². The van der Waals surface area contributed by atoms with Gasteiger partial charge in [0.25, 0.3) is 5.97 Å². The lowest BCUT2D eigenvalue weighted by Gasteiger charge is -2.57. The number of hydrogen-bond donors (Lipinski definition) is 1. The van der Waals surface area contributed by atoms with Crippen LogP contribution in [0.1, 0.15) is 39.5 Å². The lowest BCUT2D eigenvalue weighted by molar-refractivity contribution is -0.500. The molecule has 4 aliphatic rings. The van der Waals surface area contributed by atoms with Gasteiger partial charge >= 0.3 is 0 Å². The van der Waals surface area contributed by atoms with Crippen LogP contribution in [0.4, 0.5) is 0 Å². The highest BCUT2D eigenvalue weighted by atomic mass is 16.9. The fourth-order valence-electron chi connectivity index (χ4n) is 3.15. The van der Waals surface area contributed by atoms with Gasteiger partial charge in [0.15, 0.2) is 0 Å². The van der Waals surface area contributed by atoms with E-state index in [1.54, 1.807) is 0 Å². The number of ether oxygens (including phenoxy) is 3. The Hall–Kier alpha value is -0.160. The summed E-state index contributed by atoms with van der Waals surface area (Å²) in [5, 5.41) is 0. The summed E-state index contributed by atoms with van der Waals surface area (Å²) < 4.78 is 17.7. The van der Waals surface area contributed by atoms with E-state index in [0.717, 1.165) is 25.7 Å². The zero-order valence-electron chi connectivity index (χ0n) is 10.0. The van der Waals surface area contributed by atoms with E-state index in [1.807, 2.05) is 0 Å². The SMILES string of the molecule is CC(C)C[C@H](N)C12OC3CC(CC(C3)O1)O2. The minimum absolute atomic E-state index is 0.180. The molecule has 0 radical (unpaired) electrons. The van der Waals surface area contributed by atoms with Gasteiger partial charge in [0.05, 0.1) is 24.4 Å². The second-order valence-corrected chi connectivity index (χ2v) is 5.77. The van der Waals surface area contributed by atoms with Gasteiger partial charge in [-0.1, -0.05) is 13.8 Å². The molecule has 3 heterocycles. The summed E-state index contributed by atoms with van der Waals surface area (Å²) in [4.78, 5) is 0. The van der Waals surface area contributed by atoms with Gasteiger partial charge in [-0.05, 0) is 12.3 Å². The van der Waals surface area contributed by atoms with E-state index in [-0.39, 0.29) is 6.04 Å². The molecule has 0 unspecified atom stereocenters. The Morgan fingerprint density at radius 2 is 1.50 bits per heavy atom. The van der Waals surface area contributed by atoms with Crippen molar-refractivity contribution in [2.45, 2.75) is 69.9 Å². The van der Waals surface area contributed by atoms with Gasteiger partial charge in [0.2, 0.25) is 0 Å². The highest BCUT2D eigenvalue weighted by Gasteiger charge is 2.57. The lowest BCUT2D eigenvalue weighted by atomic mass is 9.87. The number of nitrogens with two attached hydrogens (primary N) is 1. The van der Waals surface area contributed by atoms with Crippen LogP contribution in [-0.2, 0) is 14.2 Å². The van der Waals surface area contributed by atoms with Crippen LogP contribution in [0.25, 0.3) is 0 Å². The Morgan fingerprint density at radius 1 is 1.06 bits per heavy atom. The number of hydrogen-bond acceptors (Lipinski definition) is 4. The zero-order chi connectivity index (χ0) is 11.3. The molecule has 0 aromatic rings. The summed E-state index contributed by atoms with van der Waals surface area (Å²) >= 11 is 0. The summed E-state index contributed by atoms with van der Waals surface area (Å²) in [5.74, 6) is -0.405. The van der Waals surface area contributed by atoms with Crippen LogP contribution < -0.4 is 5.73 Å². The van der Waals surface area contributed by atoms with Crippen molar-refractivity contribution in [2.75, 3.05) is 0 Å². The first kappa shape index (κ1) is 11.0. The summed E-state index contributed by atoms with van der Waals surface area (Å²) in [7, 11) is 0. The first-order valence-electron chi connectivity index (χ1n) is 6.36. The molecule has 3 saturated heterocycles. The molecule has 4 bridgehead atoms. The van der Waals surface area contributed by atoms with Crippen molar-refractivity contribution in [1.82, 2.24) is 0 Å². The average Bonchev–Trinajstić information content (AvgIpc) is 2.13. The predicted octanol–water partition coefficient (Wildman–Crippen LogP) is 1.38. The molecule has 92 valence electrons. The smallest absolute Gasteiger partial charge is 0.299 e. The van der Waals surface area contributed by atoms with Crippen molar-refractivity contribution < 1.29 is 14.2 Å². The molecule has 4 rings (SSSR count). The topological polar surface area (TPSA) is 53.7 Å². The van der Waals surface area contributed by atoms with Crippen LogP contribution in [0.2, 0.25) is 0 Å². The lowest BCUT2D eigenvalue weighted by Crippen LogP contribution is -2.68. The van der Waals surface area contributed by atoms with Crippen LogP contribution in [0.5, 0.6) is 0 Å². The first-order valence-corrected chi connectivity index (χ1v) is 6.36. The molecule has 4 nitrogen and oxygen atoms in total. The van der Waals surface area contributed by atoms with Crippen molar-refractivity contribution in [2.24, 2.45) is 11.7 Å². The molecule has 0 aromatic carbocycles. The largest absolute Gasteiger partial charge is 0.323 e. The van der Waals surface area contributed by atoms with E-state index in [0.29, 0.717) is 24.2 Å². The van der Waals surface area contributed by atoms with Gasteiger partial charge in [0, 0.05) is 19.3 Å². The van der Waals surface area contributed by atoms with Crippen molar-refractivity contribution in [1.29, 1.82) is 0 Å². The van der Waals surface area contributed by atoms with Crippen LogP contribution in [0, 0.1) is 5.92 Å². The highest BCUT2D eigenvalue weighted by molar-refractivity contribution is 4.95. The van der Waals surface area contributed by atoms with Crippen molar-refractivity contribution in [3.8, 4) is 0 Å². The van der Waals surface area contributed by atoms with E-state index >= 15 is 0 Å². The van der Waals surface area contributed by atoms with Crippen LogP contribution in [0.3, 0.4) is 0 Å². The zero-order valence-corrected chi connectivity index (χ0v) is 10.0. The highest BCUT2D eigenvalue weighted by Crippen LogP contribution is 2.46. The van der Waals surface area contributed by atoms with Gasteiger partial charge in [-0.15, -0.1) is 0 Å². The van der Waals surface area contributed by atoms with Gasteiger partial charge in [0.1, 0.15) is 0 Å². The maximum absolute atomic E-state index is 6.20. The summed E-state index contributed by atoms with van der Waals surface area (Å²) in [5.41, 5.74) is 6.20. The second kappa shape index (κ2) is 3.67. The predicted molar refractivity (Wildman–Crippen MR) is 58.6 cm³/mol. The fraction of sp³-hybridized carbons (Fsp3) is 1.00. The van der Waals surface area contributed by atoms with Crippen LogP contribution in [0.15, 0.2) is 0 Å². The van der Waals surface area contributed by atoms with E-state index in [2.05, 4.69) is 13.8 Å². The molecule has 1 aliphatic carbocycles. The monoisotopic (exact) mass is 227 g/mol. The van der Waals surface area contributed by atoms with Gasteiger partial charge in [-0.3, -0.25) is 0 Å². The minimum Gasteiger partial charge on any atom is -0.323 e. The van der Waals surface area contributed by atoms with Crippen molar-refractivity contribution >= 4 is 0 Å². The average molecular weight is 227 g/mol. The molecule has 4 heteroatoms. The second-order valence-electron chi connectivity index (χ2n) is 5.77. The molecule has 0 amide bonds. The van der Waals surface area contributed by atoms with Gasteiger partial charge < -0.3 is 19.9 Å². The van der Waals surface area contributed by atoms with E-state index in [1.165, 1.54) is 0 Å². The Bertz CT molecular complexity index is 244. The molecule has 3 aliphatic heterocycles. The summed E-state index contributed by atoms with van der Waals surface area (Å²) in [6.45, 7) is 4.31. The van der Waals surface area contributed by atoms with Crippen molar-refractivity contribution in [3.63, 3.8) is 0 Å².